The number of aryl methyl sites for hydroxylation is 1. The number of hydrogen-bond donors (Lipinski definition) is 0. The molecule has 9 nitrogen and oxygen atoms in total. The molecule has 0 spiro atoms. The molecule has 0 aliphatic rings. The van der Waals surface area contributed by atoms with Gasteiger partial charge in [0.15, 0.2) is 17.3 Å². The second-order valence-corrected chi connectivity index (χ2v) is 6.87. The Kier molecular flexibility index (Phi) is 5.89. The molecule has 9 heteroatoms. The Labute approximate surface area is 183 Å². The van der Waals surface area contributed by atoms with E-state index in [-0.39, 0.29) is 12.2 Å². The SMILES string of the molecule is CCn1c(=O)c2ccccc2n2c(COc3ccc(C=CC(=O)OC)cc3OC)nnc12. The van der Waals surface area contributed by atoms with E-state index in [2.05, 4.69) is 14.9 Å². The molecule has 164 valence electrons. The molecule has 4 aromatic rings. The number of methoxy groups -OCH3 is 2. The molecule has 2 heterocycles. The first-order valence-electron chi connectivity index (χ1n) is 9.99. The zero-order valence-electron chi connectivity index (χ0n) is 17.9. The Balaban J connectivity index is 1.68. The molecule has 0 saturated carbocycles. The van der Waals surface area contributed by atoms with Crippen molar-refractivity contribution >= 4 is 28.7 Å². The van der Waals surface area contributed by atoms with Gasteiger partial charge in [-0.3, -0.25) is 13.8 Å². The summed E-state index contributed by atoms with van der Waals surface area (Å²) >= 11 is 0. The second kappa shape index (κ2) is 8.93. The van der Waals surface area contributed by atoms with E-state index in [4.69, 9.17) is 9.47 Å². The smallest absolute Gasteiger partial charge is 0.330 e. The fourth-order valence-electron chi connectivity index (χ4n) is 3.47. The minimum atomic E-state index is -0.444. The molecule has 0 N–H and O–H groups in total. The van der Waals surface area contributed by atoms with E-state index in [1.54, 1.807) is 34.9 Å². The van der Waals surface area contributed by atoms with Gasteiger partial charge in [0.05, 0.1) is 25.1 Å². The lowest BCUT2D eigenvalue weighted by atomic mass is 10.2. The summed E-state index contributed by atoms with van der Waals surface area (Å²) in [6.45, 7) is 2.48. The maximum atomic E-state index is 12.8. The van der Waals surface area contributed by atoms with Crippen molar-refractivity contribution < 1.29 is 19.0 Å². The van der Waals surface area contributed by atoms with Gasteiger partial charge in [-0.15, -0.1) is 10.2 Å². The van der Waals surface area contributed by atoms with E-state index in [1.807, 2.05) is 29.5 Å². The number of carbonyl (C=O) groups is 1. The van der Waals surface area contributed by atoms with Crippen LogP contribution < -0.4 is 15.0 Å². The number of aromatic nitrogens is 4. The highest BCUT2D eigenvalue weighted by molar-refractivity contribution is 5.87. The van der Waals surface area contributed by atoms with Gasteiger partial charge in [-0.05, 0) is 42.8 Å². The monoisotopic (exact) mass is 434 g/mol. The summed E-state index contributed by atoms with van der Waals surface area (Å²) in [6, 6.07) is 12.6. The second-order valence-electron chi connectivity index (χ2n) is 6.87. The number of fused-ring (bicyclic) bond motifs is 3. The van der Waals surface area contributed by atoms with Crippen LogP contribution in [0.5, 0.6) is 11.5 Å². The number of benzene rings is 2. The molecule has 2 aromatic carbocycles. The predicted molar refractivity (Wildman–Crippen MR) is 119 cm³/mol. The van der Waals surface area contributed by atoms with Gasteiger partial charge in [-0.2, -0.15) is 0 Å². The Morgan fingerprint density at radius 1 is 1.09 bits per heavy atom. The van der Waals surface area contributed by atoms with Gasteiger partial charge in [-0.25, -0.2) is 4.79 Å². The van der Waals surface area contributed by atoms with Crippen molar-refractivity contribution in [3.8, 4) is 11.5 Å². The molecule has 0 aliphatic carbocycles. The number of rotatable bonds is 7. The van der Waals surface area contributed by atoms with Crippen LogP contribution in [-0.4, -0.2) is 39.4 Å². The lowest BCUT2D eigenvalue weighted by Crippen LogP contribution is -2.22. The molecule has 0 aliphatic heterocycles. The summed E-state index contributed by atoms with van der Waals surface area (Å²) in [5.74, 6) is 1.58. The first-order valence-corrected chi connectivity index (χ1v) is 9.99. The van der Waals surface area contributed by atoms with Crippen molar-refractivity contribution in [1.29, 1.82) is 0 Å². The zero-order chi connectivity index (χ0) is 22.7. The van der Waals surface area contributed by atoms with Crippen LogP contribution in [0.3, 0.4) is 0 Å². The van der Waals surface area contributed by atoms with Gasteiger partial charge in [0, 0.05) is 12.6 Å². The standard InChI is InChI=1S/C23H22N4O5/c1-4-26-22(29)16-7-5-6-8-17(16)27-20(24-25-23(26)27)14-32-18-11-9-15(13-19(18)30-2)10-12-21(28)31-3/h5-13H,4,14H2,1-3H3. The molecule has 0 fully saturated rings. The fraction of sp³-hybridized carbons (Fsp3) is 0.217. The van der Waals surface area contributed by atoms with Crippen molar-refractivity contribution in [3.63, 3.8) is 0 Å². The molecular weight excluding hydrogens is 412 g/mol. The van der Waals surface area contributed by atoms with Gasteiger partial charge >= 0.3 is 5.97 Å². The van der Waals surface area contributed by atoms with Crippen molar-refractivity contribution in [2.45, 2.75) is 20.1 Å². The number of para-hydroxylation sites is 1. The van der Waals surface area contributed by atoms with Crippen LogP contribution in [0.1, 0.15) is 18.3 Å². The zero-order valence-corrected chi connectivity index (χ0v) is 17.9. The Hall–Kier alpha value is -4.14. The quantitative estimate of drug-likeness (QED) is 0.326. The van der Waals surface area contributed by atoms with E-state index in [0.29, 0.717) is 35.0 Å². The van der Waals surface area contributed by atoms with E-state index in [0.717, 1.165) is 11.1 Å². The van der Waals surface area contributed by atoms with Crippen molar-refractivity contribution in [2.24, 2.45) is 0 Å². The minimum Gasteiger partial charge on any atom is -0.493 e. The van der Waals surface area contributed by atoms with E-state index in [9.17, 15) is 9.59 Å². The first-order chi connectivity index (χ1) is 15.6. The Bertz CT molecular complexity index is 1390. The number of ether oxygens (including phenoxy) is 3. The van der Waals surface area contributed by atoms with Crippen LogP contribution in [0.15, 0.2) is 53.3 Å². The number of hydrogen-bond acceptors (Lipinski definition) is 7. The van der Waals surface area contributed by atoms with Crippen LogP contribution in [0.2, 0.25) is 0 Å². The summed E-state index contributed by atoms with van der Waals surface area (Å²) < 4.78 is 19.4. The third-order valence-corrected chi connectivity index (χ3v) is 5.05. The van der Waals surface area contributed by atoms with Crippen LogP contribution in [0.4, 0.5) is 0 Å². The van der Waals surface area contributed by atoms with E-state index >= 15 is 0 Å². The lowest BCUT2D eigenvalue weighted by molar-refractivity contribution is -0.134. The highest BCUT2D eigenvalue weighted by Crippen LogP contribution is 2.29. The number of esters is 1. The topological polar surface area (TPSA) is 97.0 Å². The highest BCUT2D eigenvalue weighted by Gasteiger charge is 2.16. The lowest BCUT2D eigenvalue weighted by Gasteiger charge is -2.12. The van der Waals surface area contributed by atoms with Gasteiger partial charge in [-0.1, -0.05) is 18.2 Å². The van der Waals surface area contributed by atoms with Crippen molar-refractivity contribution in [1.82, 2.24) is 19.2 Å². The van der Waals surface area contributed by atoms with Crippen molar-refractivity contribution in [3.05, 3.63) is 70.3 Å². The van der Waals surface area contributed by atoms with Gasteiger partial charge in [0.25, 0.3) is 5.56 Å². The molecule has 0 saturated heterocycles. The summed E-state index contributed by atoms with van der Waals surface area (Å²) in [4.78, 5) is 24.1. The minimum absolute atomic E-state index is 0.104. The molecular formula is C23H22N4O5. The highest BCUT2D eigenvalue weighted by atomic mass is 16.5. The maximum absolute atomic E-state index is 12.8. The third-order valence-electron chi connectivity index (χ3n) is 5.05. The molecule has 0 amide bonds. The summed E-state index contributed by atoms with van der Waals surface area (Å²) in [5.41, 5.74) is 1.37. The average Bonchev–Trinajstić information content (AvgIpc) is 3.25. The van der Waals surface area contributed by atoms with Crippen LogP contribution in [0, 0.1) is 0 Å². The molecule has 32 heavy (non-hydrogen) atoms. The van der Waals surface area contributed by atoms with Crippen LogP contribution in [0.25, 0.3) is 22.8 Å². The van der Waals surface area contributed by atoms with E-state index < -0.39 is 5.97 Å². The molecule has 0 bridgehead atoms. The summed E-state index contributed by atoms with van der Waals surface area (Å²) in [6.07, 6.45) is 2.95. The van der Waals surface area contributed by atoms with Crippen molar-refractivity contribution in [2.75, 3.05) is 14.2 Å². The normalized spacial score (nSPS) is 11.3. The van der Waals surface area contributed by atoms with Crippen LogP contribution >= 0.6 is 0 Å². The van der Waals surface area contributed by atoms with Crippen LogP contribution in [-0.2, 0) is 22.7 Å². The Morgan fingerprint density at radius 2 is 1.91 bits per heavy atom. The average molecular weight is 434 g/mol. The molecule has 0 radical (unpaired) electrons. The molecule has 4 rings (SSSR count). The molecule has 0 atom stereocenters. The third kappa shape index (κ3) is 3.80. The fourth-order valence-corrected chi connectivity index (χ4v) is 3.47. The molecule has 0 unspecified atom stereocenters. The van der Waals surface area contributed by atoms with Gasteiger partial charge in [0.2, 0.25) is 5.78 Å². The number of nitrogens with zero attached hydrogens (tertiary/aromatic N) is 4. The van der Waals surface area contributed by atoms with Gasteiger partial charge < -0.3 is 14.2 Å². The Morgan fingerprint density at radius 3 is 2.66 bits per heavy atom. The predicted octanol–water partition coefficient (Wildman–Crippen LogP) is 2.84. The maximum Gasteiger partial charge on any atom is 0.330 e. The first kappa shape index (κ1) is 21.1. The largest absolute Gasteiger partial charge is 0.493 e. The van der Waals surface area contributed by atoms with Gasteiger partial charge in [0.1, 0.15) is 6.61 Å². The molecule has 2 aromatic heterocycles. The van der Waals surface area contributed by atoms with E-state index in [1.165, 1.54) is 20.3 Å². The number of carbonyl (C=O) groups excluding carboxylic acids is 1. The summed E-state index contributed by atoms with van der Waals surface area (Å²) in [7, 11) is 2.86. The summed E-state index contributed by atoms with van der Waals surface area (Å²) in [5, 5.41) is 9.08.